The van der Waals surface area contributed by atoms with Crippen molar-refractivity contribution in [2.24, 2.45) is 5.92 Å². The number of carbonyl (C=O) groups is 1. The molecule has 0 bridgehead atoms. The van der Waals surface area contributed by atoms with Crippen molar-refractivity contribution in [3.63, 3.8) is 0 Å². The lowest BCUT2D eigenvalue weighted by atomic mass is 9.94. The maximum absolute atomic E-state index is 11.9. The molecule has 0 fully saturated rings. The minimum absolute atomic E-state index is 0.191. The van der Waals surface area contributed by atoms with Crippen molar-refractivity contribution >= 4 is 15.9 Å². The van der Waals surface area contributed by atoms with E-state index in [1.54, 1.807) is 0 Å². The molecule has 1 rings (SSSR count). The normalized spacial score (nSPS) is 20.5. The van der Waals surface area contributed by atoms with Crippen LogP contribution in [0, 0.1) is 5.92 Å². The van der Waals surface area contributed by atoms with E-state index in [2.05, 4.69) is 4.72 Å². The molecule has 0 aliphatic heterocycles. The molecular formula is C12H21NO3S. The van der Waals surface area contributed by atoms with Gasteiger partial charge in [-0.15, -0.1) is 0 Å². The van der Waals surface area contributed by atoms with Gasteiger partial charge < -0.3 is 0 Å². The summed E-state index contributed by atoms with van der Waals surface area (Å²) in [6, 6.07) is 0. The second-order valence-corrected chi connectivity index (χ2v) is 6.39. The van der Waals surface area contributed by atoms with Crippen LogP contribution in [-0.2, 0) is 14.8 Å². The summed E-state index contributed by atoms with van der Waals surface area (Å²) in [5.41, 5.74) is 0. The highest BCUT2D eigenvalue weighted by molar-refractivity contribution is 7.90. The molecule has 0 spiro atoms. The number of nitrogens with one attached hydrogen (secondary N) is 1. The Labute approximate surface area is 104 Å². The molecule has 0 saturated heterocycles. The molecule has 1 amide bonds. The first-order valence-corrected chi connectivity index (χ1v) is 7.76. The molecule has 0 aromatic rings. The largest absolute Gasteiger partial charge is 0.274 e. The van der Waals surface area contributed by atoms with Gasteiger partial charge in [-0.3, -0.25) is 9.52 Å². The van der Waals surface area contributed by atoms with Gasteiger partial charge in [-0.05, 0) is 32.1 Å². The van der Waals surface area contributed by atoms with E-state index in [1.165, 1.54) is 0 Å². The number of sulfonamides is 1. The number of carbonyl (C=O) groups excluding carboxylic acids is 1. The fourth-order valence-electron chi connectivity index (χ4n) is 2.07. The van der Waals surface area contributed by atoms with Crippen molar-refractivity contribution < 1.29 is 13.2 Å². The molecular weight excluding hydrogens is 238 g/mol. The second-order valence-electron chi connectivity index (χ2n) is 4.43. The van der Waals surface area contributed by atoms with Gasteiger partial charge in [0.1, 0.15) is 0 Å². The molecule has 0 aromatic carbocycles. The smallest absolute Gasteiger partial charge is 0.237 e. The average Bonchev–Trinajstić information content (AvgIpc) is 2.30. The molecule has 0 radical (unpaired) electrons. The summed E-state index contributed by atoms with van der Waals surface area (Å²) in [4.78, 5) is 11.8. The van der Waals surface area contributed by atoms with Gasteiger partial charge >= 0.3 is 0 Å². The van der Waals surface area contributed by atoms with Crippen molar-refractivity contribution in [2.45, 2.75) is 51.2 Å². The van der Waals surface area contributed by atoms with Crippen LogP contribution in [0.1, 0.15) is 46.0 Å². The summed E-state index contributed by atoms with van der Waals surface area (Å²) in [6.07, 6.45) is 7.26. The molecule has 98 valence electrons. The predicted octanol–water partition coefficient (Wildman–Crippen LogP) is 1.98. The third-order valence-corrected chi connectivity index (χ3v) is 5.26. The van der Waals surface area contributed by atoms with Crippen LogP contribution in [0.4, 0.5) is 0 Å². The minimum atomic E-state index is -3.49. The van der Waals surface area contributed by atoms with Crippen molar-refractivity contribution in [3.05, 3.63) is 12.2 Å². The first-order valence-electron chi connectivity index (χ1n) is 6.21. The lowest BCUT2D eigenvalue weighted by molar-refractivity contribution is -0.123. The van der Waals surface area contributed by atoms with Gasteiger partial charge in [0.05, 0.1) is 5.25 Å². The Morgan fingerprint density at radius 1 is 1.35 bits per heavy atom. The van der Waals surface area contributed by atoms with Crippen LogP contribution in [0.3, 0.4) is 0 Å². The molecule has 1 aliphatic carbocycles. The Kier molecular flexibility index (Phi) is 5.18. The second kappa shape index (κ2) is 6.19. The maximum atomic E-state index is 11.9. The summed E-state index contributed by atoms with van der Waals surface area (Å²) in [6.45, 7) is 3.64. The molecule has 0 heterocycles. The van der Waals surface area contributed by atoms with Gasteiger partial charge in [-0.2, -0.15) is 0 Å². The number of hydrogen-bond donors (Lipinski definition) is 1. The van der Waals surface area contributed by atoms with E-state index in [0.717, 1.165) is 12.8 Å². The molecule has 17 heavy (non-hydrogen) atoms. The zero-order valence-corrected chi connectivity index (χ0v) is 11.3. The van der Waals surface area contributed by atoms with E-state index in [-0.39, 0.29) is 11.8 Å². The lowest BCUT2D eigenvalue weighted by Gasteiger charge is -2.20. The fourth-order valence-corrected chi connectivity index (χ4v) is 3.56. The molecule has 1 N–H and O–H groups in total. The van der Waals surface area contributed by atoms with Gasteiger partial charge in [0, 0.05) is 5.92 Å². The van der Waals surface area contributed by atoms with Gasteiger partial charge in [0.2, 0.25) is 15.9 Å². The topological polar surface area (TPSA) is 63.2 Å². The molecule has 0 aromatic heterocycles. The van der Waals surface area contributed by atoms with E-state index in [1.807, 2.05) is 26.0 Å². The van der Waals surface area contributed by atoms with Crippen molar-refractivity contribution in [3.8, 4) is 0 Å². The summed E-state index contributed by atoms with van der Waals surface area (Å²) in [5, 5.41) is -0.467. The van der Waals surface area contributed by atoms with E-state index >= 15 is 0 Å². The predicted molar refractivity (Wildman–Crippen MR) is 67.9 cm³/mol. The Hall–Kier alpha value is -0.840. The van der Waals surface area contributed by atoms with Gasteiger partial charge in [-0.25, -0.2) is 8.42 Å². The van der Waals surface area contributed by atoms with Crippen molar-refractivity contribution in [2.75, 3.05) is 0 Å². The highest BCUT2D eigenvalue weighted by Crippen LogP contribution is 2.19. The van der Waals surface area contributed by atoms with E-state index < -0.39 is 15.3 Å². The highest BCUT2D eigenvalue weighted by Gasteiger charge is 2.27. The molecule has 4 nitrogen and oxygen atoms in total. The van der Waals surface area contributed by atoms with Crippen LogP contribution in [0.2, 0.25) is 0 Å². The maximum Gasteiger partial charge on any atom is 0.237 e. The summed E-state index contributed by atoms with van der Waals surface area (Å²) in [7, 11) is -3.49. The van der Waals surface area contributed by atoms with Crippen molar-refractivity contribution in [1.29, 1.82) is 0 Å². The Balaban J connectivity index is 2.64. The molecule has 5 heteroatoms. The van der Waals surface area contributed by atoms with Crippen LogP contribution in [0.15, 0.2) is 12.2 Å². The fraction of sp³-hybridized carbons (Fsp3) is 0.750. The van der Waals surface area contributed by atoms with E-state index in [9.17, 15) is 13.2 Å². The molecule has 0 saturated carbocycles. The van der Waals surface area contributed by atoms with Gasteiger partial charge in [0.15, 0.2) is 0 Å². The SMILES string of the molecule is CCC(CC)S(=O)(=O)NC(=O)[C@@H]1CC=CCC1. The van der Waals surface area contributed by atoms with E-state index in [0.29, 0.717) is 19.3 Å². The summed E-state index contributed by atoms with van der Waals surface area (Å²) < 4.78 is 26.0. The molecule has 0 unspecified atom stereocenters. The van der Waals surface area contributed by atoms with Gasteiger partial charge in [0.25, 0.3) is 0 Å². The van der Waals surface area contributed by atoms with E-state index in [4.69, 9.17) is 0 Å². The Bertz CT molecular complexity index is 383. The number of hydrogen-bond acceptors (Lipinski definition) is 3. The molecule has 1 aliphatic rings. The number of allylic oxidation sites excluding steroid dienone is 2. The monoisotopic (exact) mass is 259 g/mol. The van der Waals surface area contributed by atoms with Crippen LogP contribution in [0.25, 0.3) is 0 Å². The standard InChI is InChI=1S/C12H21NO3S/c1-3-11(4-2)17(15,16)13-12(14)10-8-6-5-7-9-10/h5-6,10-11H,3-4,7-9H2,1-2H3,(H,13,14)/t10-/m1/s1. The summed E-state index contributed by atoms with van der Waals surface area (Å²) in [5.74, 6) is -0.537. The minimum Gasteiger partial charge on any atom is -0.274 e. The Morgan fingerprint density at radius 2 is 2.00 bits per heavy atom. The number of rotatable bonds is 5. The molecule has 1 atom stereocenters. The Morgan fingerprint density at radius 3 is 2.47 bits per heavy atom. The quantitative estimate of drug-likeness (QED) is 0.768. The number of amides is 1. The van der Waals surface area contributed by atoms with Crippen LogP contribution >= 0.6 is 0 Å². The zero-order chi connectivity index (χ0) is 12.9. The lowest BCUT2D eigenvalue weighted by Crippen LogP contribution is -2.41. The first-order chi connectivity index (χ1) is 8.01. The third-order valence-electron chi connectivity index (χ3n) is 3.23. The van der Waals surface area contributed by atoms with Gasteiger partial charge in [-0.1, -0.05) is 26.0 Å². The van der Waals surface area contributed by atoms with Crippen LogP contribution in [0.5, 0.6) is 0 Å². The summed E-state index contributed by atoms with van der Waals surface area (Å²) >= 11 is 0. The third kappa shape index (κ3) is 3.84. The first kappa shape index (κ1) is 14.2. The van der Waals surface area contributed by atoms with Crippen LogP contribution < -0.4 is 4.72 Å². The zero-order valence-electron chi connectivity index (χ0n) is 10.5. The highest BCUT2D eigenvalue weighted by atomic mass is 32.2. The van der Waals surface area contributed by atoms with Crippen LogP contribution in [-0.4, -0.2) is 19.6 Å². The average molecular weight is 259 g/mol. The van der Waals surface area contributed by atoms with Crippen molar-refractivity contribution in [1.82, 2.24) is 4.72 Å².